The van der Waals surface area contributed by atoms with E-state index in [1.54, 1.807) is 6.07 Å². The molecule has 6 heteroatoms. The Kier molecular flexibility index (Phi) is 1.47. The standard InChI is InChI=1S/C6H3N3O2S/c10-9(11)4-1-2-6-5(3-4)7-8-12-6/h1-3H. The van der Waals surface area contributed by atoms with E-state index >= 15 is 0 Å². The summed E-state index contributed by atoms with van der Waals surface area (Å²) in [5, 5.41) is 14.1. The van der Waals surface area contributed by atoms with E-state index < -0.39 is 4.92 Å². The largest absolute Gasteiger partial charge is 0.271 e. The minimum absolute atomic E-state index is 0.0511. The van der Waals surface area contributed by atoms with Gasteiger partial charge in [0.05, 0.1) is 9.62 Å². The summed E-state index contributed by atoms with van der Waals surface area (Å²) in [5.41, 5.74) is 0.629. The fourth-order valence-electron chi connectivity index (χ4n) is 0.883. The molecule has 0 bridgehead atoms. The maximum atomic E-state index is 10.3. The van der Waals surface area contributed by atoms with Gasteiger partial charge in [-0.1, -0.05) is 4.49 Å². The van der Waals surface area contributed by atoms with Crippen molar-refractivity contribution in [1.29, 1.82) is 0 Å². The zero-order valence-electron chi connectivity index (χ0n) is 5.80. The predicted octanol–water partition coefficient (Wildman–Crippen LogP) is 1.60. The van der Waals surface area contributed by atoms with Gasteiger partial charge in [-0.2, -0.15) is 0 Å². The smallest absolute Gasteiger partial charge is 0.258 e. The molecular weight excluding hydrogens is 178 g/mol. The molecule has 0 amide bonds. The summed E-state index contributed by atoms with van der Waals surface area (Å²) in [7, 11) is 0. The molecule has 0 radical (unpaired) electrons. The summed E-state index contributed by atoms with van der Waals surface area (Å²) < 4.78 is 4.53. The van der Waals surface area contributed by atoms with Gasteiger partial charge in [0.25, 0.3) is 5.69 Å². The van der Waals surface area contributed by atoms with Gasteiger partial charge >= 0.3 is 0 Å². The molecule has 5 nitrogen and oxygen atoms in total. The number of hydrogen-bond donors (Lipinski definition) is 0. The lowest BCUT2D eigenvalue weighted by Crippen LogP contribution is -1.86. The third-order valence-electron chi connectivity index (χ3n) is 1.44. The highest BCUT2D eigenvalue weighted by molar-refractivity contribution is 7.12. The van der Waals surface area contributed by atoms with Crippen LogP contribution in [0.5, 0.6) is 0 Å². The summed E-state index contributed by atoms with van der Waals surface area (Å²) in [6.07, 6.45) is 0. The first kappa shape index (κ1) is 7.11. The van der Waals surface area contributed by atoms with Crippen LogP contribution in [-0.2, 0) is 0 Å². The fourth-order valence-corrected chi connectivity index (χ4v) is 1.42. The third kappa shape index (κ3) is 1.02. The van der Waals surface area contributed by atoms with E-state index in [9.17, 15) is 10.1 Å². The van der Waals surface area contributed by atoms with Crippen molar-refractivity contribution in [1.82, 2.24) is 9.59 Å². The minimum atomic E-state index is -0.446. The molecule has 2 aromatic rings. The number of hydrogen-bond acceptors (Lipinski definition) is 5. The van der Waals surface area contributed by atoms with Crippen LogP contribution in [-0.4, -0.2) is 14.5 Å². The second kappa shape index (κ2) is 2.49. The molecule has 1 heterocycles. The first-order valence-corrected chi connectivity index (χ1v) is 3.91. The molecule has 0 unspecified atom stereocenters. The molecule has 0 saturated carbocycles. The number of rotatable bonds is 1. The Bertz CT molecular complexity index is 439. The van der Waals surface area contributed by atoms with E-state index in [2.05, 4.69) is 9.59 Å². The van der Waals surface area contributed by atoms with Gasteiger partial charge in [-0.3, -0.25) is 10.1 Å². The highest BCUT2D eigenvalue weighted by Gasteiger charge is 2.07. The lowest BCUT2D eigenvalue weighted by molar-refractivity contribution is -0.384. The second-order valence-corrected chi connectivity index (χ2v) is 2.97. The second-order valence-electron chi connectivity index (χ2n) is 2.18. The topological polar surface area (TPSA) is 68.9 Å². The summed E-state index contributed by atoms with van der Waals surface area (Å²) in [5.74, 6) is 0. The summed E-state index contributed by atoms with van der Waals surface area (Å²) >= 11 is 1.22. The van der Waals surface area contributed by atoms with Crippen molar-refractivity contribution < 1.29 is 4.92 Å². The first-order chi connectivity index (χ1) is 5.77. The Morgan fingerprint density at radius 1 is 1.50 bits per heavy atom. The normalized spacial score (nSPS) is 10.3. The van der Waals surface area contributed by atoms with Crippen molar-refractivity contribution in [2.75, 3.05) is 0 Å². The predicted molar refractivity (Wildman–Crippen MR) is 44.1 cm³/mol. The van der Waals surface area contributed by atoms with Crippen LogP contribution in [0.4, 0.5) is 5.69 Å². The van der Waals surface area contributed by atoms with Crippen LogP contribution in [0.3, 0.4) is 0 Å². The number of aromatic nitrogens is 2. The van der Waals surface area contributed by atoms with Gasteiger partial charge in [0, 0.05) is 12.1 Å². The van der Waals surface area contributed by atoms with E-state index in [1.807, 2.05) is 0 Å². The molecule has 0 saturated heterocycles. The van der Waals surface area contributed by atoms with Crippen molar-refractivity contribution in [3.63, 3.8) is 0 Å². The number of nitro groups is 1. The average Bonchev–Trinajstić information content (AvgIpc) is 2.49. The number of fused-ring (bicyclic) bond motifs is 1. The zero-order chi connectivity index (χ0) is 8.55. The first-order valence-electron chi connectivity index (χ1n) is 3.14. The van der Waals surface area contributed by atoms with Crippen LogP contribution in [0.1, 0.15) is 0 Å². The molecule has 0 aliphatic heterocycles. The Hall–Kier alpha value is -1.56. The van der Waals surface area contributed by atoms with Gasteiger partial charge in [0.1, 0.15) is 5.52 Å². The quantitative estimate of drug-likeness (QED) is 0.495. The Morgan fingerprint density at radius 2 is 2.33 bits per heavy atom. The maximum absolute atomic E-state index is 10.3. The lowest BCUT2D eigenvalue weighted by atomic mass is 10.3. The Morgan fingerprint density at radius 3 is 3.08 bits per heavy atom. The van der Waals surface area contributed by atoms with Gasteiger partial charge in [-0.05, 0) is 17.6 Å². The van der Waals surface area contributed by atoms with Gasteiger partial charge in [-0.15, -0.1) is 5.10 Å². The molecule has 0 aliphatic rings. The molecule has 1 aromatic carbocycles. The number of nitro benzene ring substituents is 1. The highest BCUT2D eigenvalue weighted by Crippen LogP contribution is 2.20. The van der Waals surface area contributed by atoms with Gasteiger partial charge < -0.3 is 0 Å². The van der Waals surface area contributed by atoms with Gasteiger partial charge in [-0.25, -0.2) is 0 Å². The zero-order valence-corrected chi connectivity index (χ0v) is 6.61. The summed E-state index contributed by atoms with van der Waals surface area (Å²) in [4.78, 5) is 9.88. The average molecular weight is 181 g/mol. The van der Waals surface area contributed by atoms with Crippen molar-refractivity contribution in [2.24, 2.45) is 0 Å². The number of benzene rings is 1. The minimum Gasteiger partial charge on any atom is -0.258 e. The Balaban J connectivity index is 2.68. The van der Waals surface area contributed by atoms with E-state index in [1.165, 1.54) is 23.7 Å². The SMILES string of the molecule is O=[N+]([O-])c1ccc2snnc2c1. The van der Waals surface area contributed by atoms with Crippen molar-refractivity contribution in [2.45, 2.75) is 0 Å². The van der Waals surface area contributed by atoms with Crippen LogP contribution in [0.15, 0.2) is 18.2 Å². The van der Waals surface area contributed by atoms with Crippen molar-refractivity contribution in [3.05, 3.63) is 28.3 Å². The summed E-state index contributed by atoms with van der Waals surface area (Å²) in [6.45, 7) is 0. The third-order valence-corrected chi connectivity index (χ3v) is 2.15. The molecule has 0 atom stereocenters. The van der Waals surface area contributed by atoms with E-state index in [-0.39, 0.29) is 5.69 Å². The fraction of sp³-hybridized carbons (Fsp3) is 0. The van der Waals surface area contributed by atoms with Gasteiger partial charge in [0.15, 0.2) is 0 Å². The molecule has 2 rings (SSSR count). The van der Waals surface area contributed by atoms with E-state index in [0.717, 1.165) is 4.70 Å². The molecule has 0 fully saturated rings. The van der Waals surface area contributed by atoms with E-state index in [4.69, 9.17) is 0 Å². The molecule has 1 aromatic heterocycles. The number of non-ortho nitro benzene ring substituents is 1. The van der Waals surface area contributed by atoms with Crippen LogP contribution in [0, 0.1) is 10.1 Å². The molecule has 0 aliphatic carbocycles. The Labute approximate surface area is 71.0 Å². The van der Waals surface area contributed by atoms with Crippen LogP contribution in [0.2, 0.25) is 0 Å². The van der Waals surface area contributed by atoms with Gasteiger partial charge in [0.2, 0.25) is 0 Å². The monoisotopic (exact) mass is 181 g/mol. The molecule has 12 heavy (non-hydrogen) atoms. The van der Waals surface area contributed by atoms with E-state index in [0.29, 0.717) is 5.52 Å². The van der Waals surface area contributed by atoms with Crippen LogP contribution >= 0.6 is 11.5 Å². The summed E-state index contributed by atoms with van der Waals surface area (Å²) in [6, 6.07) is 4.51. The van der Waals surface area contributed by atoms with Crippen molar-refractivity contribution in [3.8, 4) is 0 Å². The maximum Gasteiger partial charge on any atom is 0.271 e. The van der Waals surface area contributed by atoms with Crippen LogP contribution < -0.4 is 0 Å². The highest BCUT2D eigenvalue weighted by atomic mass is 32.1. The van der Waals surface area contributed by atoms with Crippen LogP contribution in [0.25, 0.3) is 10.2 Å². The molecular formula is C6H3N3O2S. The molecule has 60 valence electrons. The molecule has 0 spiro atoms. The van der Waals surface area contributed by atoms with Crippen molar-refractivity contribution >= 4 is 27.4 Å². The number of nitrogens with zero attached hydrogens (tertiary/aromatic N) is 3. The molecule has 0 N–H and O–H groups in total. The lowest BCUT2D eigenvalue weighted by Gasteiger charge is -1.88.